The number of unbranched alkanes of at least 4 members (excludes halogenated alkanes) is 45. The summed E-state index contributed by atoms with van der Waals surface area (Å²) in [5.41, 5.74) is 0. The molecular formula is C66H125NO5. The Labute approximate surface area is 449 Å². The predicted molar refractivity (Wildman–Crippen MR) is 315 cm³/mol. The van der Waals surface area contributed by atoms with E-state index in [0.29, 0.717) is 19.4 Å². The smallest absolute Gasteiger partial charge is 0.305 e. The quantitative estimate of drug-likeness (QED) is 0.0320. The van der Waals surface area contributed by atoms with Gasteiger partial charge in [-0.15, -0.1) is 0 Å². The van der Waals surface area contributed by atoms with Gasteiger partial charge in [-0.05, 0) is 83.5 Å². The summed E-state index contributed by atoms with van der Waals surface area (Å²) in [5.74, 6) is -0.0795. The molecule has 0 aliphatic rings. The molecule has 1 amide bonds. The van der Waals surface area contributed by atoms with E-state index < -0.39 is 12.1 Å². The Morgan fingerprint density at radius 3 is 0.986 bits per heavy atom. The summed E-state index contributed by atoms with van der Waals surface area (Å²) in [6, 6.07) is -0.636. The zero-order chi connectivity index (χ0) is 52.2. The maximum Gasteiger partial charge on any atom is 0.305 e. The fraction of sp³-hybridized carbons (Fsp3) is 0.879. The number of aliphatic hydroxyl groups is 2. The van der Waals surface area contributed by atoms with E-state index in [2.05, 4.69) is 43.5 Å². The van der Waals surface area contributed by atoms with Crippen LogP contribution >= 0.6 is 0 Å². The Kier molecular flexibility index (Phi) is 60.0. The van der Waals surface area contributed by atoms with Gasteiger partial charge in [0.15, 0.2) is 0 Å². The van der Waals surface area contributed by atoms with Crippen LogP contribution in [-0.4, -0.2) is 47.4 Å². The Balaban J connectivity index is 3.47. The van der Waals surface area contributed by atoms with Gasteiger partial charge in [-0.1, -0.05) is 288 Å². The molecule has 0 radical (unpaired) electrons. The molecule has 0 saturated carbocycles. The number of allylic oxidation sites excluding steroid dienone is 5. The van der Waals surface area contributed by atoms with Crippen molar-refractivity contribution in [3.8, 4) is 0 Å². The topological polar surface area (TPSA) is 95.9 Å². The number of nitrogens with one attached hydrogen (secondary N) is 1. The highest BCUT2D eigenvalue weighted by Gasteiger charge is 2.18. The molecule has 2 atom stereocenters. The minimum absolute atomic E-state index is 0.00443. The molecule has 0 rings (SSSR count). The van der Waals surface area contributed by atoms with E-state index in [-0.39, 0.29) is 18.5 Å². The van der Waals surface area contributed by atoms with E-state index in [1.807, 2.05) is 6.08 Å². The molecule has 0 fully saturated rings. The fourth-order valence-corrected chi connectivity index (χ4v) is 9.92. The molecule has 0 saturated heterocycles. The maximum atomic E-state index is 12.5. The van der Waals surface area contributed by atoms with Crippen LogP contribution in [0.2, 0.25) is 0 Å². The average Bonchev–Trinajstić information content (AvgIpc) is 3.38. The lowest BCUT2D eigenvalue weighted by Gasteiger charge is -2.20. The minimum atomic E-state index is -0.852. The summed E-state index contributed by atoms with van der Waals surface area (Å²) in [4.78, 5) is 24.6. The molecule has 0 heterocycles. The van der Waals surface area contributed by atoms with Crippen LogP contribution in [0.3, 0.4) is 0 Å². The van der Waals surface area contributed by atoms with Crippen molar-refractivity contribution in [2.45, 2.75) is 360 Å². The molecule has 0 bridgehead atoms. The summed E-state index contributed by atoms with van der Waals surface area (Å²) >= 11 is 0. The van der Waals surface area contributed by atoms with Crippen LogP contribution in [0, 0.1) is 0 Å². The van der Waals surface area contributed by atoms with Crippen LogP contribution in [0.4, 0.5) is 0 Å². The lowest BCUT2D eigenvalue weighted by Crippen LogP contribution is -2.45. The van der Waals surface area contributed by atoms with Gasteiger partial charge in [0.1, 0.15) is 0 Å². The highest BCUT2D eigenvalue weighted by atomic mass is 16.5. The zero-order valence-corrected chi connectivity index (χ0v) is 48.4. The average molecular weight is 1010 g/mol. The van der Waals surface area contributed by atoms with E-state index in [0.717, 1.165) is 51.4 Å². The van der Waals surface area contributed by atoms with Gasteiger partial charge in [-0.3, -0.25) is 9.59 Å². The van der Waals surface area contributed by atoms with Crippen molar-refractivity contribution in [2.75, 3.05) is 13.2 Å². The minimum Gasteiger partial charge on any atom is -0.466 e. The predicted octanol–water partition coefficient (Wildman–Crippen LogP) is 20.4. The monoisotopic (exact) mass is 1010 g/mol. The highest BCUT2D eigenvalue weighted by Crippen LogP contribution is 2.17. The van der Waals surface area contributed by atoms with Gasteiger partial charge in [0.25, 0.3) is 0 Å². The first-order chi connectivity index (χ1) is 35.5. The van der Waals surface area contributed by atoms with Crippen molar-refractivity contribution in [1.82, 2.24) is 5.32 Å². The van der Waals surface area contributed by atoms with Crippen LogP contribution in [-0.2, 0) is 14.3 Å². The highest BCUT2D eigenvalue weighted by molar-refractivity contribution is 5.76. The lowest BCUT2D eigenvalue weighted by atomic mass is 10.0. The van der Waals surface area contributed by atoms with Gasteiger partial charge in [0.05, 0.1) is 25.4 Å². The lowest BCUT2D eigenvalue weighted by molar-refractivity contribution is -0.143. The first-order valence-electron chi connectivity index (χ1n) is 32.3. The van der Waals surface area contributed by atoms with Crippen LogP contribution in [0.15, 0.2) is 36.5 Å². The third-order valence-corrected chi connectivity index (χ3v) is 14.9. The molecule has 3 N–H and O–H groups in total. The van der Waals surface area contributed by atoms with Crippen LogP contribution in [0.1, 0.15) is 348 Å². The SMILES string of the molecule is CCCCCCCC/C=C\CCCCCCCC(=O)OCCCCCCCCCC/C=C\CCCCCCCCCC(=O)NC(CO)C(O)/C=C/CCCCCCCCCCCCCCCCCCCCC. The summed E-state index contributed by atoms with van der Waals surface area (Å²) in [7, 11) is 0. The van der Waals surface area contributed by atoms with Crippen LogP contribution < -0.4 is 5.32 Å². The number of hydrogen-bond donors (Lipinski definition) is 3. The van der Waals surface area contributed by atoms with Crippen LogP contribution in [0.5, 0.6) is 0 Å². The van der Waals surface area contributed by atoms with Crippen molar-refractivity contribution in [1.29, 1.82) is 0 Å². The fourth-order valence-electron chi connectivity index (χ4n) is 9.92. The van der Waals surface area contributed by atoms with E-state index >= 15 is 0 Å². The molecule has 72 heavy (non-hydrogen) atoms. The molecule has 0 spiro atoms. The first-order valence-corrected chi connectivity index (χ1v) is 32.3. The second-order valence-corrected chi connectivity index (χ2v) is 22.1. The number of aliphatic hydroxyl groups excluding tert-OH is 2. The van der Waals surface area contributed by atoms with Crippen molar-refractivity contribution >= 4 is 11.9 Å². The number of carbonyl (C=O) groups excluding carboxylic acids is 2. The Hall–Kier alpha value is -1.92. The Bertz CT molecular complexity index is 1170. The number of esters is 1. The summed E-state index contributed by atoms with van der Waals surface area (Å²) in [6.45, 7) is 4.90. The van der Waals surface area contributed by atoms with Gasteiger partial charge in [0.2, 0.25) is 5.91 Å². The number of hydrogen-bond acceptors (Lipinski definition) is 5. The molecule has 6 heteroatoms. The van der Waals surface area contributed by atoms with E-state index in [1.54, 1.807) is 6.08 Å². The number of carbonyl (C=O) groups is 2. The summed E-state index contributed by atoms with van der Waals surface area (Å²) in [5, 5.41) is 23.2. The molecule has 424 valence electrons. The summed E-state index contributed by atoms with van der Waals surface area (Å²) < 4.78 is 5.48. The van der Waals surface area contributed by atoms with Crippen molar-refractivity contribution in [3.63, 3.8) is 0 Å². The van der Waals surface area contributed by atoms with Crippen LogP contribution in [0.25, 0.3) is 0 Å². The first kappa shape index (κ1) is 70.1. The number of ether oxygens (including phenoxy) is 1. The van der Waals surface area contributed by atoms with Crippen molar-refractivity contribution in [2.24, 2.45) is 0 Å². The van der Waals surface area contributed by atoms with Gasteiger partial charge in [-0.25, -0.2) is 0 Å². The maximum absolute atomic E-state index is 12.5. The van der Waals surface area contributed by atoms with Crippen molar-refractivity contribution < 1.29 is 24.5 Å². The molecule has 0 aromatic rings. The number of rotatable bonds is 60. The third-order valence-electron chi connectivity index (χ3n) is 14.9. The normalized spacial score (nSPS) is 12.8. The largest absolute Gasteiger partial charge is 0.466 e. The zero-order valence-electron chi connectivity index (χ0n) is 48.4. The van der Waals surface area contributed by atoms with E-state index in [1.165, 1.54) is 270 Å². The molecular weight excluding hydrogens is 887 g/mol. The summed E-state index contributed by atoms with van der Waals surface area (Å²) in [6.07, 6.45) is 77.6. The number of amides is 1. The molecule has 0 aliphatic heterocycles. The molecule has 6 nitrogen and oxygen atoms in total. The Morgan fingerprint density at radius 1 is 0.375 bits per heavy atom. The van der Waals surface area contributed by atoms with Gasteiger partial charge in [-0.2, -0.15) is 0 Å². The Morgan fingerprint density at radius 2 is 0.653 bits per heavy atom. The second-order valence-electron chi connectivity index (χ2n) is 22.1. The van der Waals surface area contributed by atoms with Gasteiger partial charge < -0.3 is 20.3 Å². The second kappa shape index (κ2) is 61.6. The van der Waals surface area contributed by atoms with E-state index in [9.17, 15) is 19.8 Å². The van der Waals surface area contributed by atoms with Gasteiger partial charge >= 0.3 is 5.97 Å². The molecule has 0 aliphatic carbocycles. The van der Waals surface area contributed by atoms with Crippen molar-refractivity contribution in [3.05, 3.63) is 36.5 Å². The standard InChI is InChI=1S/C66H125NO5/c1-3-5-7-9-11-13-15-17-19-20-21-22-24-27-31-34-38-42-46-50-54-58-64(69)63(62-68)67-65(70)59-55-51-47-43-39-35-32-28-25-23-26-29-33-37-41-45-49-53-57-61-72-66(71)60-56-52-48-44-40-36-30-18-16-14-12-10-8-6-4-2/h18,23,25,30,54,58,63-64,68-69H,3-17,19-22,24,26-29,31-53,55-57,59-62H2,1-2H3,(H,67,70)/b25-23-,30-18-,58-54+. The third kappa shape index (κ3) is 57.4. The molecule has 2 unspecified atom stereocenters. The van der Waals surface area contributed by atoms with E-state index in [4.69, 9.17) is 4.74 Å². The molecule has 0 aromatic heterocycles. The van der Waals surface area contributed by atoms with Gasteiger partial charge in [0, 0.05) is 12.8 Å². The molecule has 0 aromatic carbocycles.